The lowest BCUT2D eigenvalue weighted by Crippen LogP contribution is -2.50. The average molecular weight is 578 g/mol. The minimum Gasteiger partial charge on any atom is -0.492 e. The minimum absolute atomic E-state index is 0.0638. The van der Waals surface area contributed by atoms with E-state index in [2.05, 4.69) is 5.32 Å². The van der Waals surface area contributed by atoms with Crippen molar-refractivity contribution < 1.29 is 22.7 Å². The molecule has 1 N–H and O–H groups in total. The van der Waals surface area contributed by atoms with Crippen molar-refractivity contribution in [2.24, 2.45) is 0 Å². The number of nitrogens with zero attached hydrogens (tertiary/aromatic N) is 2. The maximum atomic E-state index is 13.5. The van der Waals surface area contributed by atoms with Crippen LogP contribution in [0.1, 0.15) is 64.4 Å². The van der Waals surface area contributed by atoms with Crippen molar-refractivity contribution in [3.8, 4) is 5.75 Å². The first-order valence-electron chi connectivity index (χ1n) is 13.6. The Balaban J connectivity index is 1.75. The zero-order chi connectivity index (χ0) is 28.4. The van der Waals surface area contributed by atoms with Crippen LogP contribution in [-0.4, -0.2) is 56.6 Å². The zero-order valence-electron chi connectivity index (χ0n) is 23.1. The second-order valence-electron chi connectivity index (χ2n) is 9.97. The second kappa shape index (κ2) is 14.6. The summed E-state index contributed by atoms with van der Waals surface area (Å²) in [6, 6.07) is 13.6. The highest BCUT2D eigenvalue weighted by Crippen LogP contribution is 2.30. The molecule has 1 aliphatic carbocycles. The Morgan fingerprint density at radius 2 is 1.74 bits per heavy atom. The van der Waals surface area contributed by atoms with Gasteiger partial charge in [0.25, 0.3) is 0 Å². The Hall–Kier alpha value is -2.78. The van der Waals surface area contributed by atoms with E-state index in [-0.39, 0.29) is 43.8 Å². The number of nitrogens with one attached hydrogen (secondary N) is 1. The van der Waals surface area contributed by atoms with Crippen LogP contribution >= 0.6 is 11.6 Å². The number of carbonyl (C=O) groups is 2. The van der Waals surface area contributed by atoms with Gasteiger partial charge in [-0.3, -0.25) is 13.9 Å². The average Bonchev–Trinajstić information content (AvgIpc) is 2.91. The summed E-state index contributed by atoms with van der Waals surface area (Å²) >= 11 is 6.39. The van der Waals surface area contributed by atoms with Gasteiger partial charge in [0.15, 0.2) is 0 Å². The third-order valence-corrected chi connectivity index (χ3v) is 8.55. The van der Waals surface area contributed by atoms with Crippen LogP contribution in [0.3, 0.4) is 0 Å². The van der Waals surface area contributed by atoms with Gasteiger partial charge in [-0.15, -0.1) is 0 Å². The number of hydrogen-bond acceptors (Lipinski definition) is 5. The number of amides is 2. The summed E-state index contributed by atoms with van der Waals surface area (Å²) in [5, 5.41) is 3.64. The van der Waals surface area contributed by atoms with E-state index < -0.39 is 16.1 Å². The fourth-order valence-electron chi connectivity index (χ4n) is 4.88. The van der Waals surface area contributed by atoms with Gasteiger partial charge in [0.2, 0.25) is 21.8 Å². The summed E-state index contributed by atoms with van der Waals surface area (Å²) in [5.74, 6) is 0.0311. The molecule has 39 heavy (non-hydrogen) atoms. The highest BCUT2D eigenvalue weighted by molar-refractivity contribution is 7.92. The molecule has 0 aliphatic heterocycles. The predicted molar refractivity (Wildman–Crippen MR) is 156 cm³/mol. The third-order valence-electron chi connectivity index (χ3n) is 7.00. The summed E-state index contributed by atoms with van der Waals surface area (Å²) in [4.78, 5) is 28.3. The van der Waals surface area contributed by atoms with Gasteiger partial charge in [-0.2, -0.15) is 0 Å². The van der Waals surface area contributed by atoms with E-state index >= 15 is 0 Å². The van der Waals surface area contributed by atoms with E-state index in [1.807, 2.05) is 25.1 Å². The Morgan fingerprint density at radius 1 is 1.08 bits per heavy atom. The molecule has 0 aromatic heterocycles. The molecule has 3 rings (SSSR count). The van der Waals surface area contributed by atoms with Crippen LogP contribution in [0, 0.1) is 0 Å². The molecular formula is C29H40ClN3O5S. The van der Waals surface area contributed by atoms with Gasteiger partial charge in [0.1, 0.15) is 11.8 Å². The third kappa shape index (κ3) is 8.86. The molecule has 2 aromatic carbocycles. The number of benzene rings is 2. The van der Waals surface area contributed by atoms with E-state index in [9.17, 15) is 18.0 Å². The van der Waals surface area contributed by atoms with E-state index in [0.717, 1.165) is 37.5 Å². The standard InChI is InChI=1S/C29H40ClN3O5S/c1-4-38-27-18-11-10-17-26(27)33(39(3,36)37)20-12-19-28(34)32(21-23-13-8-9-16-25(23)30)22(2)29(35)31-24-14-6-5-7-15-24/h8-11,13,16-18,22,24H,4-7,12,14-15,19-21H2,1-3H3,(H,31,35). The van der Waals surface area contributed by atoms with Crippen molar-refractivity contribution in [3.63, 3.8) is 0 Å². The molecule has 0 saturated heterocycles. The molecule has 0 bridgehead atoms. The first-order chi connectivity index (χ1) is 18.6. The molecular weight excluding hydrogens is 538 g/mol. The summed E-state index contributed by atoms with van der Waals surface area (Å²) in [5.41, 5.74) is 1.18. The maximum Gasteiger partial charge on any atom is 0.242 e. The zero-order valence-corrected chi connectivity index (χ0v) is 24.6. The van der Waals surface area contributed by atoms with Crippen molar-refractivity contribution >= 4 is 39.1 Å². The van der Waals surface area contributed by atoms with E-state index in [1.54, 1.807) is 37.3 Å². The van der Waals surface area contributed by atoms with Crippen LogP contribution in [0.5, 0.6) is 5.75 Å². The molecule has 0 spiro atoms. The van der Waals surface area contributed by atoms with Gasteiger partial charge in [-0.1, -0.05) is 61.2 Å². The van der Waals surface area contributed by atoms with Gasteiger partial charge in [-0.25, -0.2) is 8.42 Å². The Morgan fingerprint density at radius 3 is 2.41 bits per heavy atom. The number of para-hydroxylation sites is 2. The van der Waals surface area contributed by atoms with E-state index in [0.29, 0.717) is 23.1 Å². The minimum atomic E-state index is -3.63. The van der Waals surface area contributed by atoms with Crippen molar-refractivity contribution in [2.75, 3.05) is 23.7 Å². The fourth-order valence-corrected chi connectivity index (χ4v) is 6.05. The molecule has 2 aromatic rings. The number of sulfonamides is 1. The maximum absolute atomic E-state index is 13.5. The Labute approximate surface area is 237 Å². The van der Waals surface area contributed by atoms with Gasteiger partial charge >= 0.3 is 0 Å². The van der Waals surface area contributed by atoms with E-state index in [1.165, 1.54) is 15.6 Å². The van der Waals surface area contributed by atoms with Crippen LogP contribution in [0.25, 0.3) is 0 Å². The van der Waals surface area contributed by atoms with Crippen LogP contribution in [0.15, 0.2) is 48.5 Å². The fraction of sp³-hybridized carbons (Fsp3) is 0.517. The molecule has 1 fully saturated rings. The number of hydrogen-bond donors (Lipinski definition) is 1. The first-order valence-corrected chi connectivity index (χ1v) is 15.9. The summed E-state index contributed by atoms with van der Waals surface area (Å²) in [6.07, 6.45) is 6.72. The molecule has 2 amide bonds. The summed E-state index contributed by atoms with van der Waals surface area (Å²) in [6.45, 7) is 4.23. The summed E-state index contributed by atoms with van der Waals surface area (Å²) < 4.78 is 32.2. The van der Waals surface area contributed by atoms with Gasteiger partial charge in [0, 0.05) is 30.6 Å². The lowest BCUT2D eigenvalue weighted by Gasteiger charge is -2.32. The number of anilines is 1. The van der Waals surface area contributed by atoms with Gasteiger partial charge < -0.3 is 15.0 Å². The molecule has 1 aliphatic rings. The molecule has 214 valence electrons. The quantitative estimate of drug-likeness (QED) is 0.355. The normalized spacial score (nSPS) is 14.9. The number of rotatable bonds is 13. The molecule has 1 saturated carbocycles. The topological polar surface area (TPSA) is 96.0 Å². The second-order valence-corrected chi connectivity index (χ2v) is 12.3. The number of ether oxygens (including phenoxy) is 1. The monoisotopic (exact) mass is 577 g/mol. The lowest BCUT2D eigenvalue weighted by atomic mass is 9.95. The molecule has 8 nitrogen and oxygen atoms in total. The van der Waals surface area contributed by atoms with Crippen molar-refractivity contribution in [2.45, 2.75) is 77.4 Å². The summed E-state index contributed by atoms with van der Waals surface area (Å²) in [7, 11) is -3.63. The van der Waals surface area contributed by atoms with Crippen LogP contribution < -0.4 is 14.4 Å². The number of carbonyl (C=O) groups excluding carboxylic acids is 2. The molecule has 10 heteroatoms. The first kappa shape index (κ1) is 30.8. The van der Waals surface area contributed by atoms with Crippen molar-refractivity contribution in [1.29, 1.82) is 0 Å². The van der Waals surface area contributed by atoms with Crippen LogP contribution in [-0.2, 0) is 26.2 Å². The molecule has 1 atom stereocenters. The van der Waals surface area contributed by atoms with Crippen molar-refractivity contribution in [3.05, 3.63) is 59.1 Å². The van der Waals surface area contributed by atoms with E-state index in [4.69, 9.17) is 16.3 Å². The Kier molecular flexibility index (Phi) is 11.5. The lowest BCUT2D eigenvalue weighted by molar-refractivity contribution is -0.141. The highest BCUT2D eigenvalue weighted by Gasteiger charge is 2.29. The molecule has 1 unspecified atom stereocenters. The van der Waals surface area contributed by atoms with Crippen LogP contribution in [0.2, 0.25) is 5.02 Å². The molecule has 0 heterocycles. The van der Waals surface area contributed by atoms with Gasteiger partial charge in [0.05, 0.1) is 18.6 Å². The van der Waals surface area contributed by atoms with Crippen LogP contribution in [0.4, 0.5) is 5.69 Å². The largest absolute Gasteiger partial charge is 0.492 e. The number of halogens is 1. The van der Waals surface area contributed by atoms with Gasteiger partial charge in [-0.05, 0) is 56.9 Å². The predicted octanol–water partition coefficient (Wildman–Crippen LogP) is 5.15. The SMILES string of the molecule is CCOc1ccccc1N(CCCC(=O)N(Cc1ccccc1Cl)C(C)C(=O)NC1CCCCC1)S(C)(=O)=O. The highest BCUT2D eigenvalue weighted by atomic mass is 35.5. The molecule has 0 radical (unpaired) electrons. The smallest absolute Gasteiger partial charge is 0.242 e. The van der Waals surface area contributed by atoms with Crippen molar-refractivity contribution in [1.82, 2.24) is 10.2 Å². The Bertz CT molecular complexity index is 1220.